The second-order valence-electron chi connectivity index (χ2n) is 6.18. The number of hydrogen-bond acceptors (Lipinski definition) is 4. The van der Waals surface area contributed by atoms with Crippen molar-refractivity contribution in [3.8, 4) is 5.75 Å². The molecule has 4 nitrogen and oxygen atoms in total. The fraction of sp³-hybridized carbons (Fsp3) is 0.250. The number of nitrogens with zero attached hydrogens (tertiary/aromatic N) is 1. The van der Waals surface area contributed by atoms with Gasteiger partial charge in [-0.05, 0) is 57.3 Å². The first-order valence-corrected chi connectivity index (χ1v) is 7.80. The zero-order chi connectivity index (χ0) is 19.2. The minimum Gasteiger partial charge on any atom is -0.508 e. The molecular formula is C20H26FN3O. The number of phenols is 1. The van der Waals surface area contributed by atoms with Gasteiger partial charge in [0.1, 0.15) is 5.75 Å². The highest BCUT2D eigenvalue weighted by Gasteiger charge is 2.20. The molecule has 0 spiro atoms. The number of alkyl halides is 1. The Morgan fingerprint density at radius 3 is 2.40 bits per heavy atom. The van der Waals surface area contributed by atoms with E-state index < -0.39 is 5.79 Å². The summed E-state index contributed by atoms with van der Waals surface area (Å²) in [5.74, 6) is -1.88. The lowest BCUT2D eigenvalue weighted by Crippen LogP contribution is -2.31. The van der Waals surface area contributed by atoms with Gasteiger partial charge in [-0.15, -0.1) is 0 Å². The first-order chi connectivity index (χ1) is 11.5. The highest BCUT2D eigenvalue weighted by molar-refractivity contribution is 5.70. The molecule has 1 rings (SSSR count). The van der Waals surface area contributed by atoms with Gasteiger partial charge in [0.05, 0.1) is 5.70 Å². The van der Waals surface area contributed by atoms with Crippen LogP contribution in [0.3, 0.4) is 0 Å². The summed E-state index contributed by atoms with van der Waals surface area (Å²) in [6.07, 6.45) is 3.22. The van der Waals surface area contributed by atoms with Crippen LogP contribution < -0.4 is 11.1 Å². The van der Waals surface area contributed by atoms with E-state index in [0.717, 1.165) is 22.3 Å². The third kappa shape index (κ3) is 6.39. The Morgan fingerprint density at radius 1 is 1.28 bits per heavy atom. The maximum absolute atomic E-state index is 13.7. The van der Waals surface area contributed by atoms with E-state index in [1.807, 2.05) is 19.9 Å². The van der Waals surface area contributed by atoms with Gasteiger partial charge in [-0.3, -0.25) is 10.7 Å². The van der Waals surface area contributed by atoms with Crippen LogP contribution in [-0.4, -0.2) is 24.2 Å². The van der Waals surface area contributed by atoms with Crippen molar-refractivity contribution in [3.05, 3.63) is 65.9 Å². The van der Waals surface area contributed by atoms with Crippen LogP contribution in [0.25, 0.3) is 11.3 Å². The Bertz CT molecular complexity index is 740. The first kappa shape index (κ1) is 20.4. The minimum atomic E-state index is -2.03. The third-order valence-electron chi connectivity index (χ3n) is 3.54. The Hall–Kier alpha value is -2.66. The quantitative estimate of drug-likeness (QED) is 0.377. The topological polar surface area (TPSA) is 70.6 Å². The van der Waals surface area contributed by atoms with Gasteiger partial charge in [-0.2, -0.15) is 0 Å². The number of allylic oxidation sites excluding steroid dienone is 3. The average molecular weight is 343 g/mol. The van der Waals surface area contributed by atoms with Crippen LogP contribution in [0.2, 0.25) is 0 Å². The van der Waals surface area contributed by atoms with Gasteiger partial charge < -0.3 is 10.4 Å². The van der Waals surface area contributed by atoms with Gasteiger partial charge in [0.2, 0.25) is 0 Å². The summed E-state index contributed by atoms with van der Waals surface area (Å²) in [4.78, 5) is 3.60. The fourth-order valence-corrected chi connectivity index (χ4v) is 2.03. The number of phenolic OH excluding ortho intramolecular Hbond substituents is 1. The molecular weight excluding hydrogens is 317 g/mol. The molecule has 0 aliphatic heterocycles. The van der Waals surface area contributed by atoms with Crippen molar-refractivity contribution in [1.29, 1.82) is 0 Å². The highest BCUT2D eigenvalue weighted by Crippen LogP contribution is 2.24. The zero-order valence-corrected chi connectivity index (χ0v) is 15.1. The number of hydrogen-bond donors (Lipinski definition) is 3. The van der Waals surface area contributed by atoms with Crippen molar-refractivity contribution in [3.63, 3.8) is 0 Å². The van der Waals surface area contributed by atoms with E-state index in [1.165, 1.54) is 13.0 Å². The second kappa shape index (κ2) is 8.44. The summed E-state index contributed by atoms with van der Waals surface area (Å²) in [6, 6.07) is 5.18. The van der Waals surface area contributed by atoms with E-state index in [4.69, 9.17) is 5.73 Å². The van der Waals surface area contributed by atoms with Gasteiger partial charge in [-0.1, -0.05) is 30.4 Å². The molecule has 0 aliphatic rings. The van der Waals surface area contributed by atoms with Crippen LogP contribution in [-0.2, 0) is 0 Å². The molecule has 1 aromatic rings. The van der Waals surface area contributed by atoms with Crippen molar-refractivity contribution >= 4 is 18.0 Å². The molecule has 0 saturated heterocycles. The predicted molar refractivity (Wildman–Crippen MR) is 105 cm³/mol. The van der Waals surface area contributed by atoms with Crippen LogP contribution >= 0.6 is 0 Å². The fourth-order valence-electron chi connectivity index (χ4n) is 2.03. The summed E-state index contributed by atoms with van der Waals surface area (Å²) >= 11 is 0. The molecule has 0 bridgehead atoms. The van der Waals surface area contributed by atoms with Crippen LogP contribution in [0.1, 0.15) is 31.9 Å². The molecule has 0 aliphatic carbocycles. The lowest BCUT2D eigenvalue weighted by molar-refractivity contribution is 0.248. The molecule has 25 heavy (non-hydrogen) atoms. The van der Waals surface area contributed by atoms with Crippen molar-refractivity contribution in [2.75, 3.05) is 6.54 Å². The Kier molecular flexibility index (Phi) is 6.88. The number of nitrogens with one attached hydrogen (secondary N) is 1. The molecule has 0 saturated carbocycles. The summed E-state index contributed by atoms with van der Waals surface area (Å²) in [7, 11) is 0. The van der Waals surface area contributed by atoms with Crippen molar-refractivity contribution in [2.24, 2.45) is 10.7 Å². The van der Waals surface area contributed by atoms with Crippen molar-refractivity contribution in [2.45, 2.75) is 26.6 Å². The molecule has 4 N–H and O–H groups in total. The lowest BCUT2D eigenvalue weighted by Gasteiger charge is -2.14. The monoisotopic (exact) mass is 343 g/mol. The number of benzene rings is 1. The molecule has 5 heteroatoms. The average Bonchev–Trinajstić information content (AvgIpc) is 2.51. The zero-order valence-electron chi connectivity index (χ0n) is 15.1. The predicted octanol–water partition coefficient (Wildman–Crippen LogP) is 4.16. The van der Waals surface area contributed by atoms with Gasteiger partial charge in [0.25, 0.3) is 0 Å². The molecule has 0 radical (unpaired) electrons. The Balaban J connectivity index is 2.83. The standard InChI is InChI=1S/C20H26FN3O/c1-13(2)16-9-17(11-18(25)10-16)15(4)24-12-14(3)7-8-19(23-6)20(5,21)22/h7-11,24-25H,1,4,6,12,22H2,2-3,5H3/b14-7+,19-8-. The minimum absolute atomic E-state index is 0.0600. The largest absolute Gasteiger partial charge is 0.508 e. The van der Waals surface area contributed by atoms with E-state index >= 15 is 0 Å². The normalized spacial score (nSPS) is 14.6. The Morgan fingerprint density at radius 2 is 1.88 bits per heavy atom. The molecule has 1 unspecified atom stereocenters. The van der Waals surface area contributed by atoms with Crippen molar-refractivity contribution in [1.82, 2.24) is 5.32 Å². The summed E-state index contributed by atoms with van der Waals surface area (Å²) in [6.45, 7) is 16.6. The van der Waals surface area contributed by atoms with Gasteiger partial charge in [-0.25, -0.2) is 4.39 Å². The van der Waals surface area contributed by atoms with Crippen LogP contribution in [0, 0.1) is 0 Å². The highest BCUT2D eigenvalue weighted by atomic mass is 19.1. The first-order valence-electron chi connectivity index (χ1n) is 7.80. The summed E-state index contributed by atoms with van der Waals surface area (Å²) < 4.78 is 13.7. The number of halogens is 1. The summed E-state index contributed by atoms with van der Waals surface area (Å²) in [5.41, 5.74) is 9.48. The van der Waals surface area contributed by atoms with Crippen molar-refractivity contribution < 1.29 is 9.50 Å². The van der Waals surface area contributed by atoms with E-state index in [-0.39, 0.29) is 11.4 Å². The molecule has 0 aromatic heterocycles. The van der Waals surface area contributed by atoms with Crippen LogP contribution in [0.4, 0.5) is 4.39 Å². The van der Waals surface area contributed by atoms with E-state index in [1.54, 1.807) is 18.2 Å². The number of aromatic hydroxyl groups is 1. The second-order valence-corrected chi connectivity index (χ2v) is 6.18. The van der Waals surface area contributed by atoms with E-state index in [2.05, 4.69) is 30.2 Å². The SMILES string of the molecule is C=N/C(=C\C=C(/C)CNC(=C)c1cc(O)cc(C(=C)C)c1)C(C)(N)F. The van der Waals surface area contributed by atoms with Crippen LogP contribution in [0.15, 0.2) is 59.8 Å². The van der Waals surface area contributed by atoms with Gasteiger partial charge >= 0.3 is 0 Å². The molecule has 1 aromatic carbocycles. The maximum Gasteiger partial charge on any atom is 0.198 e. The van der Waals surface area contributed by atoms with Gasteiger partial charge in [0, 0.05) is 17.8 Å². The number of nitrogens with two attached hydrogens (primary N) is 1. The van der Waals surface area contributed by atoms with E-state index in [9.17, 15) is 9.50 Å². The number of aliphatic imine (C=N–C) groups is 1. The lowest BCUT2D eigenvalue weighted by atomic mass is 10.0. The molecule has 0 heterocycles. The van der Waals surface area contributed by atoms with E-state index in [0.29, 0.717) is 12.2 Å². The van der Waals surface area contributed by atoms with Gasteiger partial charge in [0.15, 0.2) is 5.79 Å². The molecule has 134 valence electrons. The Labute approximate surface area is 149 Å². The molecule has 0 fully saturated rings. The smallest absolute Gasteiger partial charge is 0.198 e. The number of rotatable bonds is 8. The molecule has 0 amide bonds. The maximum atomic E-state index is 13.7. The third-order valence-corrected chi connectivity index (χ3v) is 3.54. The molecule has 1 atom stereocenters. The summed E-state index contributed by atoms with van der Waals surface area (Å²) in [5, 5.41) is 13.0. The van der Waals surface area contributed by atoms with Crippen LogP contribution in [0.5, 0.6) is 5.75 Å².